The van der Waals surface area contributed by atoms with Crippen molar-refractivity contribution in [2.75, 3.05) is 13.2 Å². The Balaban J connectivity index is 2.30. The van der Waals surface area contributed by atoms with Gasteiger partial charge in [-0.3, -0.25) is 9.28 Å². The first-order valence-electron chi connectivity index (χ1n) is 6.81. The predicted octanol–water partition coefficient (Wildman–Crippen LogP) is -1.42. The first-order chi connectivity index (χ1) is 8.70. The lowest BCUT2D eigenvalue weighted by Crippen LogP contribution is -2.69. The molecule has 6 heteroatoms. The van der Waals surface area contributed by atoms with Gasteiger partial charge in [0.05, 0.1) is 6.61 Å². The van der Waals surface area contributed by atoms with Crippen molar-refractivity contribution in [2.45, 2.75) is 63.6 Å². The monoisotopic (exact) mass is 273 g/mol. The zero-order valence-corrected chi connectivity index (χ0v) is 12.0. The standard InChI is InChI=1S/C13H24N2O4/c1-7-13(3,4)15(7)5-9(14-8(2)17)11(18)12(19)10(15)6-16/h7,9-12,16,18-19H,5-6H2,1-4H3/p+1/t7?,9?,10?,11?,12-,15?/m0/s1. The number of hydrogen-bond acceptors (Lipinski definition) is 4. The van der Waals surface area contributed by atoms with Crippen LogP contribution in [0.15, 0.2) is 0 Å². The number of piperidine rings is 1. The highest BCUT2D eigenvalue weighted by atomic mass is 16.3. The van der Waals surface area contributed by atoms with Crippen molar-refractivity contribution in [3.8, 4) is 0 Å². The van der Waals surface area contributed by atoms with Gasteiger partial charge in [0, 0.05) is 6.92 Å². The van der Waals surface area contributed by atoms with Crippen molar-refractivity contribution in [3.63, 3.8) is 0 Å². The summed E-state index contributed by atoms with van der Waals surface area (Å²) in [5, 5.41) is 32.7. The van der Waals surface area contributed by atoms with E-state index in [-0.39, 0.29) is 24.1 Å². The second-order valence-electron chi connectivity index (χ2n) is 6.48. The molecular formula is C13H25N2O4+. The number of carbonyl (C=O) groups excluding carboxylic acids is 1. The Hall–Kier alpha value is -0.690. The van der Waals surface area contributed by atoms with Gasteiger partial charge in [0.25, 0.3) is 0 Å². The number of amides is 1. The first kappa shape index (κ1) is 14.7. The fourth-order valence-corrected chi connectivity index (χ4v) is 4.09. The summed E-state index contributed by atoms with van der Waals surface area (Å²) in [5.41, 5.74) is -0.0643. The number of carbonyl (C=O) groups is 1. The molecule has 2 rings (SSSR count). The minimum absolute atomic E-state index is 0.0643. The van der Waals surface area contributed by atoms with Gasteiger partial charge in [-0.25, -0.2) is 0 Å². The molecule has 2 heterocycles. The predicted molar refractivity (Wildman–Crippen MR) is 69.2 cm³/mol. The Morgan fingerprint density at radius 2 is 1.89 bits per heavy atom. The van der Waals surface area contributed by atoms with Crippen LogP contribution in [0.1, 0.15) is 27.7 Å². The molecule has 2 aliphatic heterocycles. The highest BCUT2D eigenvalue weighted by Crippen LogP contribution is 2.55. The lowest BCUT2D eigenvalue weighted by Gasteiger charge is -2.45. The first-order valence-corrected chi connectivity index (χ1v) is 6.81. The Kier molecular flexibility index (Phi) is 3.42. The summed E-state index contributed by atoms with van der Waals surface area (Å²) < 4.78 is 0.548. The average molecular weight is 273 g/mol. The summed E-state index contributed by atoms with van der Waals surface area (Å²) in [6.45, 7) is 8.04. The van der Waals surface area contributed by atoms with Crippen molar-refractivity contribution in [3.05, 3.63) is 0 Å². The number of nitrogens with zero attached hydrogens (tertiary/aromatic N) is 1. The SMILES string of the molecule is CC(=O)NC1C[N+]2(C(CO)[C@H](O)C1O)C(C)C2(C)C. The Bertz CT molecular complexity index is 387. The summed E-state index contributed by atoms with van der Waals surface area (Å²) >= 11 is 0. The van der Waals surface area contributed by atoms with E-state index in [1.807, 2.05) is 0 Å². The van der Waals surface area contributed by atoms with Crippen LogP contribution in [0, 0.1) is 0 Å². The molecule has 1 amide bonds. The fraction of sp³-hybridized carbons (Fsp3) is 0.923. The second-order valence-corrected chi connectivity index (χ2v) is 6.48. The zero-order chi connectivity index (χ0) is 14.6. The smallest absolute Gasteiger partial charge is 0.217 e. The van der Waals surface area contributed by atoms with Crippen LogP contribution in [0.25, 0.3) is 0 Å². The van der Waals surface area contributed by atoms with Crippen LogP contribution in [0.4, 0.5) is 0 Å². The van der Waals surface area contributed by atoms with Crippen LogP contribution in [-0.2, 0) is 4.79 Å². The molecule has 0 aromatic rings. The molecule has 0 radical (unpaired) electrons. The van der Waals surface area contributed by atoms with Crippen LogP contribution >= 0.6 is 0 Å². The molecule has 110 valence electrons. The quantitative estimate of drug-likeness (QED) is 0.367. The third kappa shape index (κ3) is 1.81. The molecule has 1 spiro atoms. The van der Waals surface area contributed by atoms with Crippen molar-refractivity contribution in [1.29, 1.82) is 0 Å². The third-order valence-electron chi connectivity index (χ3n) is 5.54. The fourth-order valence-electron chi connectivity index (χ4n) is 4.09. The van der Waals surface area contributed by atoms with E-state index >= 15 is 0 Å². The number of quaternary nitrogens is 1. The number of aliphatic hydroxyl groups excluding tert-OH is 3. The van der Waals surface area contributed by atoms with E-state index in [0.29, 0.717) is 11.0 Å². The van der Waals surface area contributed by atoms with E-state index in [9.17, 15) is 20.1 Å². The maximum atomic E-state index is 11.2. The maximum absolute atomic E-state index is 11.2. The molecule has 5 unspecified atom stereocenters. The molecule has 2 aliphatic rings. The van der Waals surface area contributed by atoms with E-state index < -0.39 is 24.3 Å². The van der Waals surface area contributed by atoms with Gasteiger partial charge in [-0.15, -0.1) is 0 Å². The van der Waals surface area contributed by atoms with Gasteiger partial charge >= 0.3 is 0 Å². The molecule has 2 saturated heterocycles. The minimum atomic E-state index is -1.03. The highest BCUT2D eigenvalue weighted by Gasteiger charge is 2.77. The number of nitrogens with one attached hydrogen (secondary N) is 1. The van der Waals surface area contributed by atoms with Gasteiger partial charge in [-0.2, -0.15) is 0 Å². The number of hydrogen-bond donors (Lipinski definition) is 4. The topological polar surface area (TPSA) is 89.8 Å². The van der Waals surface area contributed by atoms with Crippen LogP contribution in [0.3, 0.4) is 0 Å². The van der Waals surface area contributed by atoms with Crippen molar-refractivity contribution >= 4 is 5.91 Å². The largest absolute Gasteiger partial charge is 0.390 e. The maximum Gasteiger partial charge on any atom is 0.217 e. The van der Waals surface area contributed by atoms with Crippen molar-refractivity contribution < 1.29 is 24.6 Å². The lowest BCUT2D eigenvalue weighted by molar-refractivity contribution is -0.878. The van der Waals surface area contributed by atoms with Crippen molar-refractivity contribution in [2.24, 2.45) is 0 Å². The molecule has 6 nitrogen and oxygen atoms in total. The molecule has 0 aliphatic carbocycles. The van der Waals surface area contributed by atoms with Gasteiger partial charge in [0.2, 0.25) is 5.91 Å². The van der Waals surface area contributed by atoms with Gasteiger partial charge < -0.3 is 20.6 Å². The van der Waals surface area contributed by atoms with Crippen LogP contribution in [-0.4, -0.2) is 74.7 Å². The second kappa shape index (κ2) is 4.41. The van der Waals surface area contributed by atoms with E-state index in [1.54, 1.807) is 0 Å². The van der Waals surface area contributed by atoms with Crippen molar-refractivity contribution in [1.82, 2.24) is 5.32 Å². The van der Waals surface area contributed by atoms with Gasteiger partial charge in [-0.05, 0) is 20.8 Å². The molecule has 19 heavy (non-hydrogen) atoms. The summed E-state index contributed by atoms with van der Waals surface area (Å²) in [4.78, 5) is 11.2. The van der Waals surface area contributed by atoms with Gasteiger partial charge in [0.1, 0.15) is 42.4 Å². The zero-order valence-electron chi connectivity index (χ0n) is 12.0. The van der Waals surface area contributed by atoms with E-state index in [1.165, 1.54) is 6.92 Å². The minimum Gasteiger partial charge on any atom is -0.390 e. The van der Waals surface area contributed by atoms with E-state index in [4.69, 9.17) is 0 Å². The molecule has 2 fully saturated rings. The summed E-state index contributed by atoms with van der Waals surface area (Å²) in [6, 6.07) is -0.590. The summed E-state index contributed by atoms with van der Waals surface area (Å²) in [6.07, 6.45) is -2.06. The summed E-state index contributed by atoms with van der Waals surface area (Å²) in [7, 11) is 0. The lowest BCUT2D eigenvalue weighted by atomic mass is 9.91. The van der Waals surface area contributed by atoms with Gasteiger partial charge in [-0.1, -0.05) is 0 Å². The molecule has 6 atom stereocenters. The number of rotatable bonds is 2. The van der Waals surface area contributed by atoms with Crippen LogP contribution < -0.4 is 5.32 Å². The van der Waals surface area contributed by atoms with E-state index in [2.05, 4.69) is 26.1 Å². The highest BCUT2D eigenvalue weighted by molar-refractivity contribution is 5.73. The molecule has 0 saturated carbocycles. The molecule has 0 bridgehead atoms. The molecule has 0 aromatic carbocycles. The Labute approximate surface area is 113 Å². The van der Waals surface area contributed by atoms with Crippen LogP contribution in [0.2, 0.25) is 0 Å². The number of aliphatic hydroxyl groups is 3. The normalized spacial score (nSPS) is 48.1. The Morgan fingerprint density at radius 3 is 2.26 bits per heavy atom. The van der Waals surface area contributed by atoms with Gasteiger partial charge in [0.15, 0.2) is 0 Å². The molecule has 4 N–H and O–H groups in total. The molecule has 0 aromatic heterocycles. The molecular weight excluding hydrogens is 248 g/mol. The average Bonchev–Trinajstić information content (AvgIpc) is 2.72. The summed E-state index contributed by atoms with van der Waals surface area (Å²) in [5.74, 6) is -0.218. The van der Waals surface area contributed by atoms with E-state index in [0.717, 1.165) is 0 Å². The third-order valence-corrected chi connectivity index (χ3v) is 5.54. The van der Waals surface area contributed by atoms with Crippen LogP contribution in [0.5, 0.6) is 0 Å². The Morgan fingerprint density at radius 1 is 1.37 bits per heavy atom.